The molecule has 33 heavy (non-hydrogen) atoms. The Morgan fingerprint density at radius 2 is 1.27 bits per heavy atom. The number of aromatic amines is 2. The van der Waals surface area contributed by atoms with E-state index in [2.05, 4.69) is 46.2 Å². The molecule has 0 radical (unpaired) electrons. The van der Waals surface area contributed by atoms with Gasteiger partial charge in [0.25, 0.3) is 0 Å². The lowest BCUT2D eigenvalue weighted by Crippen LogP contribution is -2.09. The van der Waals surface area contributed by atoms with Crippen molar-refractivity contribution in [1.82, 2.24) is 50.8 Å². The molecule has 3 aromatic rings. The van der Waals surface area contributed by atoms with E-state index in [0.29, 0.717) is 23.8 Å². The van der Waals surface area contributed by atoms with Crippen LogP contribution in [0.2, 0.25) is 0 Å². The number of rotatable bonds is 18. The molecular weight excluding hydrogens is 422 g/mol. The van der Waals surface area contributed by atoms with Crippen LogP contribution >= 0.6 is 0 Å². The van der Waals surface area contributed by atoms with E-state index in [4.69, 9.17) is 5.73 Å². The van der Waals surface area contributed by atoms with Gasteiger partial charge in [-0.15, -0.1) is 20.4 Å². The van der Waals surface area contributed by atoms with Crippen LogP contribution in [-0.4, -0.2) is 56.7 Å². The molecule has 0 aliphatic carbocycles. The number of nitrogens with two attached hydrogens (primary N) is 1. The van der Waals surface area contributed by atoms with Crippen LogP contribution in [0, 0.1) is 0 Å². The molecule has 1 amide bonds. The highest BCUT2D eigenvalue weighted by Crippen LogP contribution is 2.26. The topological polar surface area (TPSA) is 170 Å². The number of amides is 1. The maximum absolute atomic E-state index is 10.7. The molecule has 0 saturated carbocycles. The minimum Gasteiger partial charge on any atom is -0.370 e. The molecule has 0 spiro atoms. The molecule has 0 bridgehead atoms. The molecule has 0 unspecified atom stereocenters. The molecule has 0 aromatic carbocycles. The summed E-state index contributed by atoms with van der Waals surface area (Å²) in [7, 11) is 0. The Morgan fingerprint density at radius 1 is 0.758 bits per heavy atom. The third-order valence-electron chi connectivity index (χ3n) is 5.77. The number of H-pyrrole nitrogens is 2. The summed E-state index contributed by atoms with van der Waals surface area (Å²) in [5.41, 5.74) is 6.49. The molecule has 12 nitrogen and oxygen atoms in total. The summed E-state index contributed by atoms with van der Waals surface area (Å²) in [5.74, 6) is 0.703. The van der Waals surface area contributed by atoms with Crippen molar-refractivity contribution < 1.29 is 4.79 Å². The van der Waals surface area contributed by atoms with Crippen molar-refractivity contribution in [3.63, 3.8) is 0 Å². The van der Waals surface area contributed by atoms with Gasteiger partial charge in [0.15, 0.2) is 0 Å². The zero-order valence-corrected chi connectivity index (χ0v) is 19.2. The second-order valence-corrected chi connectivity index (χ2v) is 8.42. The molecule has 3 rings (SSSR count). The fourth-order valence-corrected chi connectivity index (χ4v) is 4.00. The molecule has 0 atom stereocenters. The summed E-state index contributed by atoms with van der Waals surface area (Å²) in [6.07, 6.45) is 18.2. The van der Waals surface area contributed by atoms with E-state index in [1.807, 2.05) is 4.57 Å². The van der Waals surface area contributed by atoms with E-state index in [1.165, 1.54) is 64.2 Å². The lowest BCUT2D eigenvalue weighted by atomic mass is 10.0. The minimum absolute atomic E-state index is 0.181. The summed E-state index contributed by atoms with van der Waals surface area (Å²) in [6.45, 7) is 0.828. The van der Waals surface area contributed by atoms with E-state index < -0.39 is 0 Å². The quantitative estimate of drug-likeness (QED) is 0.244. The molecule has 3 heterocycles. The number of hydrogen-bond donors (Lipinski definition) is 3. The summed E-state index contributed by atoms with van der Waals surface area (Å²) >= 11 is 0. The van der Waals surface area contributed by atoms with Crippen molar-refractivity contribution in [2.75, 3.05) is 0 Å². The Bertz CT molecular complexity index is 905. The zero-order chi connectivity index (χ0) is 23.1. The van der Waals surface area contributed by atoms with Gasteiger partial charge < -0.3 is 10.3 Å². The van der Waals surface area contributed by atoms with Crippen LogP contribution in [0.5, 0.6) is 0 Å². The molecule has 12 heteroatoms. The molecule has 0 saturated heterocycles. The number of aromatic nitrogens is 10. The van der Waals surface area contributed by atoms with Gasteiger partial charge in [-0.25, -0.2) is 4.98 Å². The highest BCUT2D eigenvalue weighted by molar-refractivity contribution is 5.73. The SMILES string of the molecule is NC(=O)CCCCCCCCCCCCCCCn1cnc(-c2nn[nH]n2)c1-c1nn[nH]n1. The van der Waals surface area contributed by atoms with Gasteiger partial charge in [0, 0.05) is 13.0 Å². The first-order chi connectivity index (χ1) is 16.3. The number of hydrogen-bond acceptors (Lipinski definition) is 8. The van der Waals surface area contributed by atoms with Crippen LogP contribution in [0.25, 0.3) is 23.0 Å². The van der Waals surface area contributed by atoms with Crippen LogP contribution in [0.15, 0.2) is 6.33 Å². The summed E-state index contributed by atoms with van der Waals surface area (Å²) < 4.78 is 2.03. The van der Waals surface area contributed by atoms with E-state index in [9.17, 15) is 4.79 Å². The molecule has 0 fully saturated rings. The van der Waals surface area contributed by atoms with Crippen molar-refractivity contribution in [2.24, 2.45) is 5.73 Å². The fourth-order valence-electron chi connectivity index (χ4n) is 4.00. The summed E-state index contributed by atoms with van der Waals surface area (Å²) in [6, 6.07) is 0. The van der Waals surface area contributed by atoms with E-state index >= 15 is 0 Å². The molecular formula is C21H35N11O. The summed E-state index contributed by atoms with van der Waals surface area (Å²) in [5, 5.41) is 28.5. The molecule has 180 valence electrons. The lowest BCUT2D eigenvalue weighted by Gasteiger charge is -2.07. The second kappa shape index (κ2) is 14.1. The standard InChI is InChI=1S/C21H35N11O/c22-17(33)14-12-10-8-6-4-2-1-3-5-7-9-11-13-15-32-16-23-18(20-24-28-29-25-20)19(32)21-26-30-31-27-21/h16H,1-15H2,(H2,22,33)(H,24,25,28,29)(H,26,27,30,31). The van der Waals surface area contributed by atoms with Crippen molar-refractivity contribution in [1.29, 1.82) is 0 Å². The van der Waals surface area contributed by atoms with Gasteiger partial charge in [0.05, 0.1) is 6.33 Å². The first-order valence-corrected chi connectivity index (χ1v) is 12.1. The largest absolute Gasteiger partial charge is 0.370 e. The van der Waals surface area contributed by atoms with Crippen molar-refractivity contribution in [3.8, 4) is 23.0 Å². The Hall–Kier alpha value is -3.18. The van der Waals surface area contributed by atoms with Crippen LogP contribution in [0.1, 0.15) is 89.9 Å². The van der Waals surface area contributed by atoms with Crippen LogP contribution < -0.4 is 5.73 Å². The Kier molecular flexibility index (Phi) is 10.4. The summed E-state index contributed by atoms with van der Waals surface area (Å²) in [4.78, 5) is 15.1. The number of unbranched alkanes of at least 4 members (excludes halogenated alkanes) is 12. The van der Waals surface area contributed by atoms with Gasteiger partial charge in [-0.2, -0.15) is 10.4 Å². The molecule has 3 aromatic heterocycles. The maximum atomic E-state index is 10.7. The minimum atomic E-state index is -0.181. The highest BCUT2D eigenvalue weighted by atomic mass is 16.1. The fraction of sp³-hybridized carbons (Fsp3) is 0.714. The van der Waals surface area contributed by atoms with Gasteiger partial charge in [0.1, 0.15) is 11.4 Å². The van der Waals surface area contributed by atoms with E-state index in [0.717, 1.165) is 31.5 Å². The number of aryl methyl sites for hydroxylation is 1. The first kappa shape index (κ1) is 24.5. The Labute approximate surface area is 193 Å². The number of primary amides is 1. The number of nitrogens with one attached hydrogen (secondary N) is 2. The molecule has 0 aliphatic heterocycles. The predicted octanol–water partition coefficient (Wildman–Crippen LogP) is 3.19. The number of tetrazole rings is 2. The predicted molar refractivity (Wildman–Crippen MR) is 122 cm³/mol. The Morgan fingerprint density at radius 3 is 1.79 bits per heavy atom. The normalized spacial score (nSPS) is 11.3. The Balaban J connectivity index is 1.24. The second-order valence-electron chi connectivity index (χ2n) is 8.42. The third kappa shape index (κ3) is 8.35. The molecule has 4 N–H and O–H groups in total. The van der Waals surface area contributed by atoms with Gasteiger partial charge in [-0.1, -0.05) is 70.6 Å². The van der Waals surface area contributed by atoms with E-state index in [1.54, 1.807) is 6.33 Å². The van der Waals surface area contributed by atoms with Gasteiger partial charge in [-0.05, 0) is 23.3 Å². The number of imidazole rings is 1. The zero-order valence-electron chi connectivity index (χ0n) is 19.2. The third-order valence-corrected chi connectivity index (χ3v) is 5.77. The van der Waals surface area contributed by atoms with Gasteiger partial charge in [0.2, 0.25) is 17.6 Å². The van der Waals surface area contributed by atoms with Crippen molar-refractivity contribution in [2.45, 2.75) is 96.4 Å². The smallest absolute Gasteiger partial charge is 0.225 e. The lowest BCUT2D eigenvalue weighted by molar-refractivity contribution is -0.118. The van der Waals surface area contributed by atoms with Gasteiger partial charge in [-0.3, -0.25) is 4.79 Å². The monoisotopic (exact) mass is 457 g/mol. The number of nitrogens with zero attached hydrogens (tertiary/aromatic N) is 8. The van der Waals surface area contributed by atoms with Crippen LogP contribution in [0.4, 0.5) is 0 Å². The maximum Gasteiger partial charge on any atom is 0.225 e. The van der Waals surface area contributed by atoms with E-state index in [-0.39, 0.29) is 5.91 Å². The number of carbonyl (C=O) groups excluding carboxylic acids is 1. The van der Waals surface area contributed by atoms with Crippen LogP contribution in [0.3, 0.4) is 0 Å². The van der Waals surface area contributed by atoms with Crippen molar-refractivity contribution in [3.05, 3.63) is 6.33 Å². The highest BCUT2D eigenvalue weighted by Gasteiger charge is 2.21. The average molecular weight is 458 g/mol. The van der Waals surface area contributed by atoms with Crippen LogP contribution in [-0.2, 0) is 11.3 Å². The molecule has 0 aliphatic rings. The number of carbonyl (C=O) groups is 1. The van der Waals surface area contributed by atoms with Gasteiger partial charge >= 0.3 is 0 Å². The first-order valence-electron chi connectivity index (χ1n) is 12.1. The van der Waals surface area contributed by atoms with Crippen molar-refractivity contribution >= 4 is 5.91 Å². The average Bonchev–Trinajstić information content (AvgIpc) is 3.57.